The van der Waals surface area contributed by atoms with Crippen molar-refractivity contribution in [3.05, 3.63) is 21.4 Å². The molecule has 0 aliphatic rings. The zero-order valence-corrected chi connectivity index (χ0v) is 17.5. The number of H-pyrrole nitrogens is 1. The first-order valence-electron chi connectivity index (χ1n) is 7.85. The number of likely N-dealkylation sites (N-methyl/N-ethyl adjacent to an activating group) is 1. The minimum absolute atomic E-state index is 0.0256. The maximum atomic E-state index is 6.23. The number of fused-ring (bicyclic) bond motifs is 1. The van der Waals surface area contributed by atoms with Gasteiger partial charge in [-0.25, -0.2) is 9.97 Å². The molecule has 0 radical (unpaired) electrons. The highest BCUT2D eigenvalue weighted by Crippen LogP contribution is 2.38. The number of pyridine rings is 1. The van der Waals surface area contributed by atoms with E-state index in [4.69, 9.17) is 21.1 Å². The highest BCUT2D eigenvalue weighted by atomic mass is 79.9. The number of aromatic nitrogens is 5. The predicted octanol–water partition coefficient (Wildman–Crippen LogP) is 3.03. The molecule has 1 N–H and O–H groups in total. The first kappa shape index (κ1) is 19.1. The van der Waals surface area contributed by atoms with Crippen LogP contribution in [0.15, 0.2) is 10.5 Å². The summed E-state index contributed by atoms with van der Waals surface area (Å²) in [6.45, 7) is 0.506. The Bertz CT molecular complexity index is 939. The van der Waals surface area contributed by atoms with Gasteiger partial charge in [-0.1, -0.05) is 11.6 Å². The summed E-state index contributed by atoms with van der Waals surface area (Å²) in [5.74, 6) is 1.67. The van der Waals surface area contributed by atoms with Crippen LogP contribution in [0.5, 0.6) is 5.88 Å². The predicted molar refractivity (Wildman–Crippen MR) is 104 cm³/mol. The summed E-state index contributed by atoms with van der Waals surface area (Å²) in [5, 5.41) is 7.86. The average Bonchev–Trinajstić information content (AvgIpc) is 3.15. The highest BCUT2D eigenvalue weighted by Gasteiger charge is 2.24. The number of rotatable bonds is 6. The molecule has 0 saturated carbocycles. The molecule has 3 heterocycles. The Morgan fingerprint density at radius 1 is 1.35 bits per heavy atom. The van der Waals surface area contributed by atoms with Gasteiger partial charge in [-0.3, -0.25) is 10.00 Å². The van der Waals surface area contributed by atoms with Crippen molar-refractivity contribution in [3.8, 4) is 17.4 Å². The molecular formula is C16H20BrClN6O2. The third kappa shape index (κ3) is 3.20. The number of ether oxygens (including phenoxy) is 2. The number of halogens is 2. The van der Waals surface area contributed by atoms with E-state index in [1.54, 1.807) is 7.11 Å². The van der Waals surface area contributed by atoms with E-state index >= 15 is 0 Å². The van der Waals surface area contributed by atoms with Crippen LogP contribution in [-0.2, 0) is 11.8 Å². The molecule has 0 fully saturated rings. The van der Waals surface area contributed by atoms with Crippen molar-refractivity contribution in [1.82, 2.24) is 29.6 Å². The van der Waals surface area contributed by atoms with E-state index in [1.165, 1.54) is 7.11 Å². The van der Waals surface area contributed by atoms with Crippen molar-refractivity contribution in [2.75, 3.05) is 34.9 Å². The molecule has 140 valence electrons. The maximum Gasteiger partial charge on any atom is 0.233 e. The molecule has 3 aromatic heterocycles. The minimum Gasteiger partial charge on any atom is -0.480 e. The number of hydrogen-bond donors (Lipinski definition) is 1. The lowest BCUT2D eigenvalue weighted by molar-refractivity contribution is 0.116. The number of methoxy groups -OCH3 is 2. The summed E-state index contributed by atoms with van der Waals surface area (Å²) in [7, 11) is 9.06. The van der Waals surface area contributed by atoms with Crippen LogP contribution in [0.25, 0.3) is 22.6 Å². The minimum atomic E-state index is -0.0256. The van der Waals surface area contributed by atoms with Crippen LogP contribution in [0.1, 0.15) is 11.9 Å². The number of aromatic amines is 1. The van der Waals surface area contributed by atoms with Crippen LogP contribution in [0.2, 0.25) is 5.02 Å². The summed E-state index contributed by atoms with van der Waals surface area (Å²) in [4.78, 5) is 11.2. The topological polar surface area (TPSA) is 81.1 Å². The van der Waals surface area contributed by atoms with E-state index < -0.39 is 0 Å². The molecule has 0 bridgehead atoms. The van der Waals surface area contributed by atoms with Gasteiger partial charge in [-0.15, -0.1) is 0 Å². The fourth-order valence-electron chi connectivity index (χ4n) is 2.81. The van der Waals surface area contributed by atoms with Gasteiger partial charge in [-0.2, -0.15) is 5.10 Å². The van der Waals surface area contributed by atoms with Gasteiger partial charge in [-0.05, 0) is 36.1 Å². The summed E-state index contributed by atoms with van der Waals surface area (Å²) in [6, 6.07) is 1.79. The molecular weight excluding hydrogens is 424 g/mol. The molecule has 3 aromatic rings. The quantitative estimate of drug-likeness (QED) is 0.631. The molecule has 0 saturated heterocycles. The van der Waals surface area contributed by atoms with Crippen LogP contribution in [0.3, 0.4) is 0 Å². The standard InChI is InChI=1S/C16H20BrClN6O2/c1-23(2)10(7-25-4)14-20-15(22-21-14)13-11(17)12-9(24(13)3)6-8(18)16(19-12)26-5/h6,10H,7H2,1-5H3,(H,20,21,22). The van der Waals surface area contributed by atoms with E-state index in [1.807, 2.05) is 36.7 Å². The lowest BCUT2D eigenvalue weighted by Crippen LogP contribution is -2.25. The Labute approximate surface area is 164 Å². The van der Waals surface area contributed by atoms with Gasteiger partial charge in [0.2, 0.25) is 5.88 Å². The molecule has 0 spiro atoms. The van der Waals surface area contributed by atoms with Gasteiger partial charge in [0.15, 0.2) is 5.82 Å². The zero-order chi connectivity index (χ0) is 19.0. The molecule has 26 heavy (non-hydrogen) atoms. The van der Waals surface area contributed by atoms with Crippen LogP contribution >= 0.6 is 27.5 Å². The Morgan fingerprint density at radius 3 is 2.69 bits per heavy atom. The van der Waals surface area contributed by atoms with Crippen molar-refractivity contribution >= 4 is 38.6 Å². The van der Waals surface area contributed by atoms with Gasteiger partial charge < -0.3 is 14.0 Å². The molecule has 3 rings (SSSR count). The van der Waals surface area contributed by atoms with E-state index in [0.29, 0.717) is 23.3 Å². The molecule has 8 nitrogen and oxygen atoms in total. The van der Waals surface area contributed by atoms with Crippen LogP contribution in [-0.4, -0.2) is 64.6 Å². The lowest BCUT2D eigenvalue weighted by atomic mass is 10.3. The SMILES string of the molecule is COCC(c1nc(-c2c(Br)c3nc(OC)c(Cl)cc3n2C)n[nH]1)N(C)C. The van der Waals surface area contributed by atoms with Crippen LogP contribution in [0, 0.1) is 0 Å². The average molecular weight is 444 g/mol. The smallest absolute Gasteiger partial charge is 0.233 e. The lowest BCUT2D eigenvalue weighted by Gasteiger charge is -2.20. The second-order valence-electron chi connectivity index (χ2n) is 6.05. The largest absolute Gasteiger partial charge is 0.480 e. The fourth-order valence-corrected chi connectivity index (χ4v) is 3.77. The second kappa shape index (κ2) is 7.51. The van der Waals surface area contributed by atoms with Crippen LogP contribution in [0.4, 0.5) is 0 Å². The molecule has 1 unspecified atom stereocenters. The van der Waals surface area contributed by atoms with Gasteiger partial charge in [0, 0.05) is 14.2 Å². The molecule has 0 aliphatic carbocycles. The monoisotopic (exact) mass is 442 g/mol. The molecule has 0 amide bonds. The maximum absolute atomic E-state index is 6.23. The van der Waals surface area contributed by atoms with Gasteiger partial charge >= 0.3 is 0 Å². The van der Waals surface area contributed by atoms with E-state index in [2.05, 4.69) is 36.1 Å². The summed E-state index contributed by atoms with van der Waals surface area (Å²) in [6.07, 6.45) is 0. The van der Waals surface area contributed by atoms with Crippen LogP contribution < -0.4 is 4.74 Å². The number of nitrogens with zero attached hydrogens (tertiary/aromatic N) is 5. The molecule has 0 aliphatic heterocycles. The fraction of sp³-hybridized carbons (Fsp3) is 0.438. The molecule has 0 aromatic carbocycles. The molecule has 10 heteroatoms. The number of aryl methyl sites for hydroxylation is 1. The van der Waals surface area contributed by atoms with Gasteiger partial charge in [0.05, 0.1) is 29.7 Å². The Balaban J connectivity index is 2.12. The third-order valence-corrected chi connectivity index (χ3v) is 5.23. The number of hydrogen-bond acceptors (Lipinski definition) is 6. The second-order valence-corrected chi connectivity index (χ2v) is 7.25. The normalized spacial score (nSPS) is 12.9. The van der Waals surface area contributed by atoms with Gasteiger partial charge in [0.25, 0.3) is 0 Å². The molecule has 1 atom stereocenters. The Hall–Kier alpha value is -1.68. The van der Waals surface area contributed by atoms with Crippen molar-refractivity contribution in [1.29, 1.82) is 0 Å². The van der Waals surface area contributed by atoms with Crippen molar-refractivity contribution in [2.45, 2.75) is 6.04 Å². The third-order valence-electron chi connectivity index (χ3n) is 4.21. The summed E-state index contributed by atoms with van der Waals surface area (Å²) < 4.78 is 13.2. The first-order valence-corrected chi connectivity index (χ1v) is 9.02. The summed E-state index contributed by atoms with van der Waals surface area (Å²) >= 11 is 9.85. The Kier molecular flexibility index (Phi) is 5.52. The van der Waals surface area contributed by atoms with Gasteiger partial charge in [0.1, 0.15) is 22.1 Å². The highest BCUT2D eigenvalue weighted by molar-refractivity contribution is 9.10. The number of nitrogens with one attached hydrogen (secondary N) is 1. The van der Waals surface area contributed by atoms with Crippen molar-refractivity contribution in [3.63, 3.8) is 0 Å². The van der Waals surface area contributed by atoms with E-state index in [0.717, 1.165) is 27.0 Å². The Morgan fingerprint density at radius 2 is 2.08 bits per heavy atom. The zero-order valence-electron chi connectivity index (χ0n) is 15.2. The van der Waals surface area contributed by atoms with E-state index in [9.17, 15) is 0 Å². The van der Waals surface area contributed by atoms with Crippen molar-refractivity contribution < 1.29 is 9.47 Å². The summed E-state index contributed by atoms with van der Waals surface area (Å²) in [5.41, 5.74) is 2.38. The van der Waals surface area contributed by atoms with E-state index in [-0.39, 0.29) is 6.04 Å². The van der Waals surface area contributed by atoms with Crippen molar-refractivity contribution in [2.24, 2.45) is 7.05 Å². The first-order chi connectivity index (χ1) is 12.4.